The van der Waals surface area contributed by atoms with Crippen molar-refractivity contribution in [1.82, 2.24) is 0 Å². The Morgan fingerprint density at radius 3 is 2.39 bits per heavy atom. The Morgan fingerprint density at radius 2 is 1.61 bits per heavy atom. The van der Waals surface area contributed by atoms with Crippen LogP contribution >= 0.6 is 15.9 Å². The zero-order valence-corrected chi connectivity index (χ0v) is 17.4. The van der Waals surface area contributed by atoms with E-state index in [-0.39, 0.29) is 4.90 Å². The highest BCUT2D eigenvalue weighted by Gasteiger charge is 2.22. The van der Waals surface area contributed by atoms with E-state index in [0.29, 0.717) is 5.69 Å². The number of hydrogen-bond acceptors (Lipinski definition) is 3. The molecule has 5 rings (SSSR count). The van der Waals surface area contributed by atoms with Crippen molar-refractivity contribution >= 4 is 53.4 Å². The molecule has 4 aromatic rings. The van der Waals surface area contributed by atoms with Gasteiger partial charge >= 0.3 is 0 Å². The lowest BCUT2D eigenvalue weighted by Gasteiger charge is -2.12. The minimum atomic E-state index is -3.70. The van der Waals surface area contributed by atoms with E-state index in [2.05, 4.69) is 20.7 Å². The van der Waals surface area contributed by atoms with Gasteiger partial charge in [0.05, 0.1) is 10.6 Å². The fraction of sp³-hybridized carbons (Fsp3) is 0.182. The van der Waals surface area contributed by atoms with Crippen LogP contribution in [0.25, 0.3) is 21.7 Å². The second-order valence-electron chi connectivity index (χ2n) is 7.12. The van der Waals surface area contributed by atoms with Crippen LogP contribution in [0.15, 0.2) is 68.4 Å². The second-order valence-corrected chi connectivity index (χ2v) is 9.71. The number of benzene rings is 3. The average molecular weight is 456 g/mol. The smallest absolute Gasteiger partial charge is 0.261 e. The maximum absolute atomic E-state index is 13.0. The highest BCUT2D eigenvalue weighted by molar-refractivity contribution is 9.10. The molecular formula is C22H18BrNO3S. The van der Waals surface area contributed by atoms with Crippen LogP contribution in [0, 0.1) is 0 Å². The summed E-state index contributed by atoms with van der Waals surface area (Å²) in [6, 6.07) is 16.3. The van der Waals surface area contributed by atoms with Crippen LogP contribution in [0.1, 0.15) is 24.2 Å². The molecule has 0 saturated heterocycles. The van der Waals surface area contributed by atoms with Crippen LogP contribution in [-0.2, 0) is 22.9 Å². The number of nitrogens with one attached hydrogen (secondary N) is 1. The number of halogens is 1. The molecule has 1 aliphatic rings. The molecule has 0 fully saturated rings. The van der Waals surface area contributed by atoms with Crippen LogP contribution in [-0.4, -0.2) is 8.42 Å². The van der Waals surface area contributed by atoms with E-state index >= 15 is 0 Å². The number of anilines is 1. The first kappa shape index (κ1) is 17.8. The predicted molar refractivity (Wildman–Crippen MR) is 115 cm³/mol. The molecule has 0 bridgehead atoms. The molecular weight excluding hydrogens is 438 g/mol. The highest BCUT2D eigenvalue weighted by Crippen LogP contribution is 2.39. The SMILES string of the molecule is O=S(=O)(Nc1cc2c3c(oc2c2ccccc12)CCCC3)c1ccc(Br)cc1. The molecule has 0 aliphatic heterocycles. The molecule has 0 radical (unpaired) electrons. The van der Waals surface area contributed by atoms with Gasteiger partial charge in [0, 0.05) is 32.6 Å². The summed E-state index contributed by atoms with van der Waals surface area (Å²) in [6.07, 6.45) is 4.18. The first-order valence-electron chi connectivity index (χ1n) is 9.27. The molecule has 0 atom stereocenters. The lowest BCUT2D eigenvalue weighted by molar-refractivity contribution is 0.507. The summed E-state index contributed by atoms with van der Waals surface area (Å²) in [5.74, 6) is 1.04. The Hall–Kier alpha value is -2.31. The molecule has 0 spiro atoms. The van der Waals surface area contributed by atoms with Crippen molar-refractivity contribution in [2.45, 2.75) is 30.6 Å². The lowest BCUT2D eigenvalue weighted by Crippen LogP contribution is -2.13. The summed E-state index contributed by atoms with van der Waals surface area (Å²) >= 11 is 3.34. The summed E-state index contributed by atoms with van der Waals surface area (Å²) in [6.45, 7) is 0. The molecule has 1 aromatic heterocycles. The third-order valence-corrected chi connectivity index (χ3v) is 7.24. The molecule has 28 heavy (non-hydrogen) atoms. The molecule has 1 N–H and O–H groups in total. The van der Waals surface area contributed by atoms with E-state index in [4.69, 9.17) is 4.42 Å². The van der Waals surface area contributed by atoms with Gasteiger partial charge in [-0.05, 0) is 49.6 Å². The van der Waals surface area contributed by atoms with Gasteiger partial charge < -0.3 is 4.42 Å². The Balaban J connectivity index is 1.71. The molecule has 0 amide bonds. The molecule has 0 unspecified atom stereocenters. The van der Waals surface area contributed by atoms with Crippen LogP contribution in [0.5, 0.6) is 0 Å². The van der Waals surface area contributed by atoms with E-state index in [0.717, 1.165) is 57.7 Å². The molecule has 142 valence electrons. The largest absolute Gasteiger partial charge is 0.460 e. The molecule has 3 aromatic carbocycles. The molecule has 1 aliphatic carbocycles. The highest BCUT2D eigenvalue weighted by atomic mass is 79.9. The van der Waals surface area contributed by atoms with Gasteiger partial charge in [-0.15, -0.1) is 0 Å². The maximum atomic E-state index is 13.0. The monoisotopic (exact) mass is 455 g/mol. The topological polar surface area (TPSA) is 59.3 Å². The predicted octanol–water partition coefficient (Wildman–Crippen LogP) is 6.03. The normalized spacial score (nSPS) is 14.3. The number of rotatable bonds is 3. The summed E-state index contributed by atoms with van der Waals surface area (Å²) < 4.78 is 35.8. The lowest BCUT2D eigenvalue weighted by atomic mass is 9.94. The second kappa shape index (κ2) is 6.64. The molecule has 1 heterocycles. The Bertz CT molecular complexity index is 1310. The number of furan rings is 1. The summed E-state index contributed by atoms with van der Waals surface area (Å²) in [7, 11) is -3.70. The summed E-state index contributed by atoms with van der Waals surface area (Å²) in [5, 5.41) is 2.78. The van der Waals surface area contributed by atoms with E-state index < -0.39 is 10.0 Å². The first-order valence-corrected chi connectivity index (χ1v) is 11.5. The van der Waals surface area contributed by atoms with Crippen LogP contribution in [0.3, 0.4) is 0 Å². The van der Waals surface area contributed by atoms with Crippen molar-refractivity contribution in [3.8, 4) is 0 Å². The average Bonchev–Trinajstić information content (AvgIpc) is 3.07. The van der Waals surface area contributed by atoms with Crippen molar-refractivity contribution in [3.63, 3.8) is 0 Å². The standard InChI is InChI=1S/C22H18BrNO3S/c23-14-9-11-15(12-10-14)28(25,26)24-20-13-19-17-6-3-4-8-21(17)27-22(19)18-7-2-1-5-16(18)20/h1-2,5,7,9-13,24H,3-4,6,8H2. The number of fused-ring (bicyclic) bond motifs is 5. The molecule has 4 nitrogen and oxygen atoms in total. The van der Waals surface area contributed by atoms with Crippen molar-refractivity contribution in [1.29, 1.82) is 0 Å². The Kier molecular flexibility index (Phi) is 4.21. The maximum Gasteiger partial charge on any atom is 0.261 e. The van der Waals surface area contributed by atoms with E-state index in [1.54, 1.807) is 24.3 Å². The zero-order chi connectivity index (χ0) is 19.3. The van der Waals surface area contributed by atoms with Crippen LogP contribution in [0.2, 0.25) is 0 Å². The number of aryl methyl sites for hydroxylation is 2. The van der Waals surface area contributed by atoms with Crippen molar-refractivity contribution in [3.05, 3.63) is 70.4 Å². The number of sulfonamides is 1. The van der Waals surface area contributed by atoms with Gasteiger partial charge in [-0.3, -0.25) is 4.72 Å². The minimum Gasteiger partial charge on any atom is -0.460 e. The number of hydrogen-bond donors (Lipinski definition) is 1. The van der Waals surface area contributed by atoms with Crippen LogP contribution < -0.4 is 4.72 Å². The molecule has 0 saturated carbocycles. The quantitative estimate of drug-likeness (QED) is 0.410. The van der Waals surface area contributed by atoms with Crippen molar-refractivity contribution in [2.75, 3.05) is 4.72 Å². The Labute approximate surface area is 171 Å². The van der Waals surface area contributed by atoms with Gasteiger partial charge in [-0.2, -0.15) is 0 Å². The fourth-order valence-electron chi connectivity index (χ4n) is 3.98. The summed E-state index contributed by atoms with van der Waals surface area (Å²) in [4.78, 5) is 0.231. The van der Waals surface area contributed by atoms with Crippen molar-refractivity contribution < 1.29 is 12.8 Å². The van der Waals surface area contributed by atoms with Crippen molar-refractivity contribution in [2.24, 2.45) is 0 Å². The Morgan fingerprint density at radius 1 is 0.893 bits per heavy atom. The van der Waals surface area contributed by atoms with Gasteiger partial charge in [0.15, 0.2) is 0 Å². The third kappa shape index (κ3) is 2.91. The fourth-order valence-corrected chi connectivity index (χ4v) is 5.32. The van der Waals surface area contributed by atoms with Gasteiger partial charge in [0.25, 0.3) is 10.0 Å². The van der Waals surface area contributed by atoms with E-state index in [9.17, 15) is 8.42 Å². The van der Waals surface area contributed by atoms with E-state index in [1.807, 2.05) is 30.3 Å². The van der Waals surface area contributed by atoms with Crippen LogP contribution in [0.4, 0.5) is 5.69 Å². The zero-order valence-electron chi connectivity index (χ0n) is 15.0. The van der Waals surface area contributed by atoms with Gasteiger partial charge in [0.2, 0.25) is 0 Å². The van der Waals surface area contributed by atoms with Gasteiger partial charge in [-0.1, -0.05) is 40.2 Å². The third-order valence-electron chi connectivity index (χ3n) is 5.33. The molecule has 6 heteroatoms. The summed E-state index contributed by atoms with van der Waals surface area (Å²) in [5.41, 5.74) is 2.66. The minimum absolute atomic E-state index is 0.231. The van der Waals surface area contributed by atoms with E-state index in [1.165, 1.54) is 5.56 Å². The first-order chi connectivity index (χ1) is 13.5. The van der Waals surface area contributed by atoms with Gasteiger partial charge in [-0.25, -0.2) is 8.42 Å². The van der Waals surface area contributed by atoms with Gasteiger partial charge in [0.1, 0.15) is 11.3 Å².